The van der Waals surface area contributed by atoms with Crippen LogP contribution in [0.2, 0.25) is 0 Å². The molecular weight excluding hydrogens is 460 g/mol. The molecule has 0 spiro atoms. The molecule has 3 aliphatic rings. The molecule has 4 atom stereocenters. The van der Waals surface area contributed by atoms with E-state index in [0.717, 1.165) is 6.42 Å². The van der Waals surface area contributed by atoms with Crippen LogP contribution in [-0.2, 0) is 19.1 Å². The van der Waals surface area contributed by atoms with E-state index >= 15 is 0 Å². The summed E-state index contributed by atoms with van der Waals surface area (Å²) in [6.07, 6.45) is -1.06. The average molecular weight is 491 g/mol. The fourth-order valence-corrected chi connectivity index (χ4v) is 8.18. The summed E-state index contributed by atoms with van der Waals surface area (Å²) >= 11 is 0. The monoisotopic (exact) mass is 490 g/mol. The number of aliphatic hydroxyl groups excluding tert-OH is 1. The van der Waals surface area contributed by atoms with Crippen LogP contribution in [0, 0.1) is 23.7 Å². The summed E-state index contributed by atoms with van der Waals surface area (Å²) in [5.41, 5.74) is -2.31. The maximum atomic E-state index is 13.5. The van der Waals surface area contributed by atoms with Crippen LogP contribution in [0.1, 0.15) is 64.2 Å². The summed E-state index contributed by atoms with van der Waals surface area (Å²) in [5.74, 6) is -0.0604. The van der Waals surface area contributed by atoms with Crippen molar-refractivity contribution in [2.45, 2.75) is 71.7 Å². The largest absolute Gasteiger partial charge is 0.485 e. The molecule has 0 unspecified atom stereocenters. The van der Waals surface area contributed by atoms with Crippen LogP contribution in [0.15, 0.2) is 27.4 Å². The highest BCUT2D eigenvalue weighted by atomic mass is 32.2. The molecule has 184 valence electrons. The van der Waals surface area contributed by atoms with Gasteiger partial charge in [-0.1, -0.05) is 13.8 Å². The van der Waals surface area contributed by atoms with E-state index in [1.807, 2.05) is 13.8 Å². The molecular formula is C25H30O8S. The third-order valence-corrected chi connectivity index (χ3v) is 9.93. The van der Waals surface area contributed by atoms with E-state index in [-0.39, 0.29) is 28.6 Å². The quantitative estimate of drug-likeness (QED) is 0.511. The number of benzene rings is 1. The van der Waals surface area contributed by atoms with Crippen LogP contribution >= 0.6 is 0 Å². The minimum atomic E-state index is -4.28. The molecule has 5 rings (SSSR count). The van der Waals surface area contributed by atoms with E-state index in [1.54, 1.807) is 32.9 Å². The number of rotatable bonds is 4. The highest BCUT2D eigenvalue weighted by Gasteiger charge is 2.65. The fourth-order valence-electron chi connectivity index (χ4n) is 6.31. The Morgan fingerprint density at radius 2 is 1.88 bits per heavy atom. The minimum Gasteiger partial charge on any atom is -0.485 e. The smallest absolute Gasteiger partial charge is 0.336 e. The van der Waals surface area contributed by atoms with Crippen molar-refractivity contribution in [2.75, 3.05) is 5.75 Å². The molecule has 2 heterocycles. The first-order valence-corrected chi connectivity index (χ1v) is 13.1. The van der Waals surface area contributed by atoms with E-state index in [9.17, 15) is 23.1 Å². The summed E-state index contributed by atoms with van der Waals surface area (Å²) in [4.78, 5) is 25.1. The Kier molecular flexibility index (Phi) is 4.94. The SMILES string of the molecule is Cc1cc(=O)oc2c3c(ccc12)OC(C)(C)[C@H](O)[C@@H]3OS(=O)(=O)C[C@@]12CC[C@H](CC1=O)C2(C)C. The van der Waals surface area contributed by atoms with Crippen molar-refractivity contribution in [1.82, 2.24) is 0 Å². The van der Waals surface area contributed by atoms with Gasteiger partial charge in [-0.2, -0.15) is 8.42 Å². The van der Waals surface area contributed by atoms with Gasteiger partial charge in [-0.05, 0) is 62.6 Å². The van der Waals surface area contributed by atoms with Crippen molar-refractivity contribution in [3.63, 3.8) is 0 Å². The van der Waals surface area contributed by atoms with Gasteiger partial charge in [0.25, 0.3) is 10.1 Å². The Hall–Kier alpha value is -2.23. The van der Waals surface area contributed by atoms with Gasteiger partial charge in [-0.25, -0.2) is 4.79 Å². The summed E-state index contributed by atoms with van der Waals surface area (Å²) < 4.78 is 44.1. The predicted octanol–water partition coefficient (Wildman–Crippen LogP) is 3.42. The average Bonchev–Trinajstić information content (AvgIpc) is 3.04. The number of carbonyl (C=O) groups is 1. The summed E-state index contributed by atoms with van der Waals surface area (Å²) in [5, 5.41) is 11.7. The third-order valence-electron chi connectivity index (χ3n) is 8.59. The van der Waals surface area contributed by atoms with Crippen molar-refractivity contribution < 1.29 is 31.7 Å². The van der Waals surface area contributed by atoms with Gasteiger partial charge in [-0.3, -0.25) is 8.98 Å². The molecule has 2 fully saturated rings. The predicted molar refractivity (Wildman–Crippen MR) is 124 cm³/mol. The van der Waals surface area contributed by atoms with Crippen LogP contribution in [-0.4, -0.2) is 36.8 Å². The number of ketones is 1. The van der Waals surface area contributed by atoms with E-state index in [0.29, 0.717) is 23.8 Å². The second-order valence-electron chi connectivity index (χ2n) is 11.1. The Balaban J connectivity index is 1.61. The molecule has 1 N–H and O–H groups in total. The van der Waals surface area contributed by atoms with Gasteiger partial charge in [0.1, 0.15) is 34.9 Å². The molecule has 9 heteroatoms. The topological polar surface area (TPSA) is 120 Å². The summed E-state index contributed by atoms with van der Waals surface area (Å²) in [6.45, 7) is 8.91. The molecule has 2 aliphatic carbocycles. The molecule has 0 amide bonds. The van der Waals surface area contributed by atoms with E-state index in [4.69, 9.17) is 13.3 Å². The Labute approximate surface area is 198 Å². The van der Waals surface area contributed by atoms with Gasteiger partial charge in [0.15, 0.2) is 0 Å². The molecule has 1 aromatic heterocycles. The number of hydrogen-bond donors (Lipinski definition) is 1. The normalized spacial score (nSPS) is 31.5. The van der Waals surface area contributed by atoms with Crippen LogP contribution in [0.5, 0.6) is 5.75 Å². The van der Waals surface area contributed by atoms with Crippen LogP contribution < -0.4 is 10.4 Å². The molecule has 0 radical (unpaired) electrons. The van der Waals surface area contributed by atoms with Crippen LogP contribution in [0.3, 0.4) is 0 Å². The zero-order valence-corrected chi connectivity index (χ0v) is 20.8. The maximum Gasteiger partial charge on any atom is 0.336 e. The first-order valence-electron chi connectivity index (χ1n) is 11.6. The fraction of sp³-hybridized carbons (Fsp3) is 0.600. The Morgan fingerprint density at radius 1 is 1.18 bits per heavy atom. The number of carbonyl (C=O) groups excluding carboxylic acids is 1. The lowest BCUT2D eigenvalue weighted by molar-refractivity contribution is -0.128. The van der Waals surface area contributed by atoms with E-state index < -0.39 is 50.1 Å². The van der Waals surface area contributed by atoms with Crippen molar-refractivity contribution in [2.24, 2.45) is 16.7 Å². The lowest BCUT2D eigenvalue weighted by atomic mass is 9.70. The number of aryl methyl sites for hydroxylation is 1. The van der Waals surface area contributed by atoms with Gasteiger partial charge < -0.3 is 14.3 Å². The van der Waals surface area contributed by atoms with Crippen molar-refractivity contribution in [1.29, 1.82) is 0 Å². The molecule has 8 nitrogen and oxygen atoms in total. The van der Waals surface area contributed by atoms with Gasteiger partial charge in [0.05, 0.1) is 16.7 Å². The minimum absolute atomic E-state index is 0.0405. The second-order valence-corrected chi connectivity index (χ2v) is 12.7. The third kappa shape index (κ3) is 3.20. The first-order chi connectivity index (χ1) is 15.7. The molecule has 1 aromatic carbocycles. The highest BCUT2D eigenvalue weighted by molar-refractivity contribution is 7.86. The number of ether oxygens (including phenoxy) is 1. The molecule has 2 saturated carbocycles. The standard InChI is InChI=1S/C25H30O8S/c1-13-10-18(27)31-20-15(13)6-7-16-19(20)21(22(28)24(4,5)32-16)33-34(29,30)12-25-9-8-14(11-17(25)26)23(25,2)3/h6-7,10,14,21-22,28H,8-9,11-12H2,1-5H3/t14-,21-,22-,25+/m1/s1. The number of aliphatic hydroxyl groups is 1. The number of hydrogen-bond acceptors (Lipinski definition) is 8. The zero-order valence-electron chi connectivity index (χ0n) is 20.0. The Bertz CT molecular complexity index is 1370. The van der Waals surface area contributed by atoms with Gasteiger partial charge in [0.2, 0.25) is 0 Å². The molecule has 2 bridgehead atoms. The maximum absolute atomic E-state index is 13.5. The molecule has 1 aliphatic heterocycles. The number of Topliss-reactive ketones (excluding diaryl/α,β-unsaturated/α-hetero) is 1. The zero-order chi connectivity index (χ0) is 24.8. The Morgan fingerprint density at radius 3 is 2.50 bits per heavy atom. The molecule has 0 saturated heterocycles. The first kappa shape index (κ1) is 23.5. The van der Waals surface area contributed by atoms with Crippen molar-refractivity contribution >= 4 is 26.9 Å². The van der Waals surface area contributed by atoms with Crippen LogP contribution in [0.4, 0.5) is 0 Å². The van der Waals surface area contributed by atoms with Gasteiger partial charge in [0, 0.05) is 17.9 Å². The second kappa shape index (κ2) is 7.15. The molecule has 34 heavy (non-hydrogen) atoms. The number of fused-ring (bicyclic) bond motifs is 5. The lowest BCUT2D eigenvalue weighted by Gasteiger charge is -2.42. The van der Waals surface area contributed by atoms with Crippen molar-refractivity contribution in [3.05, 3.63) is 39.7 Å². The van der Waals surface area contributed by atoms with Gasteiger partial charge in [-0.15, -0.1) is 0 Å². The molecule has 2 aromatic rings. The summed E-state index contributed by atoms with van der Waals surface area (Å²) in [6, 6.07) is 4.73. The highest BCUT2D eigenvalue weighted by Crippen LogP contribution is 2.64. The lowest BCUT2D eigenvalue weighted by Crippen LogP contribution is -2.50. The van der Waals surface area contributed by atoms with E-state index in [2.05, 4.69) is 0 Å². The van der Waals surface area contributed by atoms with Crippen LogP contribution in [0.25, 0.3) is 11.0 Å². The van der Waals surface area contributed by atoms with E-state index in [1.165, 1.54) is 6.07 Å². The summed E-state index contributed by atoms with van der Waals surface area (Å²) in [7, 11) is -4.28. The van der Waals surface area contributed by atoms with Gasteiger partial charge >= 0.3 is 5.63 Å². The van der Waals surface area contributed by atoms with Crippen molar-refractivity contribution in [3.8, 4) is 5.75 Å².